The Morgan fingerprint density at radius 1 is 1.21 bits per heavy atom. The molecule has 0 heterocycles. The number of rotatable bonds is 8. The Bertz CT molecular complexity index is 668. The largest absolute Gasteiger partial charge is 0.496 e. The second-order valence-electron chi connectivity index (χ2n) is 5.42. The lowest BCUT2D eigenvalue weighted by molar-refractivity contribution is 0.104. The third-order valence-corrected chi connectivity index (χ3v) is 4.54. The van der Waals surface area contributed by atoms with E-state index in [1.807, 2.05) is 37.3 Å². The summed E-state index contributed by atoms with van der Waals surface area (Å²) in [5.74, 6) is 1.37. The highest BCUT2D eigenvalue weighted by atomic mass is 79.9. The van der Waals surface area contributed by atoms with Crippen molar-refractivity contribution in [2.45, 2.75) is 19.1 Å². The van der Waals surface area contributed by atoms with Crippen LogP contribution in [0.4, 0.5) is 0 Å². The molecule has 0 amide bonds. The first-order valence-corrected chi connectivity index (χ1v) is 8.80. The highest BCUT2D eigenvalue weighted by Crippen LogP contribution is 2.28. The van der Waals surface area contributed by atoms with Crippen LogP contribution >= 0.6 is 27.5 Å². The molecule has 6 heteroatoms. The number of aliphatic hydroxyl groups is 1. The van der Waals surface area contributed by atoms with E-state index in [2.05, 4.69) is 21.2 Å². The lowest BCUT2D eigenvalue weighted by Crippen LogP contribution is -2.33. The fourth-order valence-electron chi connectivity index (χ4n) is 2.19. The maximum Gasteiger partial charge on any atom is 0.138 e. The summed E-state index contributed by atoms with van der Waals surface area (Å²) in [5.41, 5.74) is 1.10. The van der Waals surface area contributed by atoms with Gasteiger partial charge in [0.15, 0.2) is 0 Å². The minimum atomic E-state index is -0.634. The maximum atomic E-state index is 10.1. The van der Waals surface area contributed by atoms with Gasteiger partial charge >= 0.3 is 0 Å². The van der Waals surface area contributed by atoms with E-state index in [9.17, 15) is 5.11 Å². The first kappa shape index (κ1) is 19.1. The number of para-hydroxylation sites is 1. The molecule has 0 saturated carbocycles. The summed E-state index contributed by atoms with van der Waals surface area (Å²) in [6, 6.07) is 13.2. The molecule has 0 aliphatic heterocycles. The molecule has 2 atom stereocenters. The van der Waals surface area contributed by atoms with Crippen LogP contribution < -0.4 is 14.8 Å². The molecule has 0 aromatic heterocycles. The average molecular weight is 415 g/mol. The third-order valence-electron chi connectivity index (χ3n) is 3.60. The van der Waals surface area contributed by atoms with Gasteiger partial charge in [0.25, 0.3) is 0 Å². The number of benzene rings is 2. The summed E-state index contributed by atoms with van der Waals surface area (Å²) >= 11 is 9.50. The van der Waals surface area contributed by atoms with E-state index in [0.717, 1.165) is 15.8 Å². The molecule has 0 radical (unpaired) electrons. The molecule has 2 rings (SSSR count). The predicted octanol–water partition coefficient (Wildman–Crippen LogP) is 4.20. The molecule has 0 spiro atoms. The number of nitrogens with one attached hydrogen (secondary N) is 1. The molecule has 0 fully saturated rings. The highest BCUT2D eigenvalue weighted by Gasteiger charge is 2.12. The molecule has 0 aliphatic rings. The minimum absolute atomic E-state index is 0.0853. The zero-order valence-electron chi connectivity index (χ0n) is 13.6. The maximum absolute atomic E-state index is 10.1. The summed E-state index contributed by atoms with van der Waals surface area (Å²) in [5, 5.41) is 13.9. The van der Waals surface area contributed by atoms with Gasteiger partial charge in [-0.1, -0.05) is 29.8 Å². The van der Waals surface area contributed by atoms with E-state index in [-0.39, 0.29) is 12.6 Å². The molecular weight excluding hydrogens is 394 g/mol. The fourth-order valence-corrected chi connectivity index (χ4v) is 2.94. The van der Waals surface area contributed by atoms with Gasteiger partial charge in [0, 0.05) is 12.6 Å². The summed E-state index contributed by atoms with van der Waals surface area (Å²) in [6.07, 6.45) is -0.634. The van der Waals surface area contributed by atoms with Crippen molar-refractivity contribution >= 4 is 27.5 Å². The van der Waals surface area contributed by atoms with Crippen molar-refractivity contribution in [1.29, 1.82) is 0 Å². The van der Waals surface area contributed by atoms with Gasteiger partial charge in [-0.25, -0.2) is 0 Å². The number of aliphatic hydroxyl groups excluding tert-OH is 1. The minimum Gasteiger partial charge on any atom is -0.496 e. The summed E-state index contributed by atoms with van der Waals surface area (Å²) < 4.78 is 11.7. The lowest BCUT2D eigenvalue weighted by atomic mass is 10.1. The Kier molecular flexibility index (Phi) is 7.37. The summed E-state index contributed by atoms with van der Waals surface area (Å²) in [4.78, 5) is 0. The molecule has 130 valence electrons. The average Bonchev–Trinajstić information content (AvgIpc) is 2.58. The van der Waals surface area contributed by atoms with Crippen LogP contribution in [0.1, 0.15) is 18.5 Å². The lowest BCUT2D eigenvalue weighted by Gasteiger charge is -2.19. The van der Waals surface area contributed by atoms with Crippen molar-refractivity contribution < 1.29 is 14.6 Å². The number of halogens is 2. The molecule has 4 nitrogen and oxygen atoms in total. The van der Waals surface area contributed by atoms with Crippen LogP contribution in [0.25, 0.3) is 0 Å². The SMILES string of the molecule is COc1ccc(C(C)NCC(O)COc2ccccc2Cl)cc1Br. The molecule has 2 aromatic rings. The van der Waals surface area contributed by atoms with Crippen molar-refractivity contribution in [1.82, 2.24) is 5.32 Å². The van der Waals surface area contributed by atoms with E-state index in [1.165, 1.54) is 0 Å². The Morgan fingerprint density at radius 3 is 2.62 bits per heavy atom. The third kappa shape index (κ3) is 5.38. The van der Waals surface area contributed by atoms with Gasteiger partial charge in [-0.3, -0.25) is 0 Å². The van der Waals surface area contributed by atoms with Crippen LogP contribution in [0.2, 0.25) is 5.02 Å². The molecule has 24 heavy (non-hydrogen) atoms. The summed E-state index contributed by atoms with van der Waals surface area (Å²) in [7, 11) is 1.64. The predicted molar refractivity (Wildman–Crippen MR) is 100 cm³/mol. The van der Waals surface area contributed by atoms with Gasteiger partial charge in [0.05, 0.1) is 16.6 Å². The van der Waals surface area contributed by atoms with E-state index in [4.69, 9.17) is 21.1 Å². The Hall–Kier alpha value is -1.27. The first-order valence-electron chi connectivity index (χ1n) is 7.63. The van der Waals surface area contributed by atoms with Gasteiger partial charge in [-0.05, 0) is 52.7 Å². The standard InChI is InChI=1S/C18H21BrClNO3/c1-12(13-7-8-17(23-2)15(19)9-13)21-10-14(22)11-24-18-6-4-3-5-16(18)20/h3-9,12,14,21-22H,10-11H2,1-2H3. The Labute approximate surface area is 155 Å². The summed E-state index contributed by atoms with van der Waals surface area (Å²) in [6.45, 7) is 2.63. The van der Waals surface area contributed by atoms with Crippen LogP contribution in [0.5, 0.6) is 11.5 Å². The van der Waals surface area contributed by atoms with Crippen LogP contribution in [0, 0.1) is 0 Å². The second-order valence-corrected chi connectivity index (χ2v) is 6.68. The van der Waals surface area contributed by atoms with E-state index >= 15 is 0 Å². The second kappa shape index (κ2) is 9.28. The van der Waals surface area contributed by atoms with Crippen molar-refractivity contribution in [2.24, 2.45) is 0 Å². The zero-order chi connectivity index (χ0) is 17.5. The van der Waals surface area contributed by atoms with Gasteiger partial charge in [-0.15, -0.1) is 0 Å². The van der Waals surface area contributed by atoms with E-state index < -0.39 is 6.10 Å². The number of ether oxygens (including phenoxy) is 2. The monoisotopic (exact) mass is 413 g/mol. The molecule has 2 aromatic carbocycles. The van der Waals surface area contributed by atoms with Crippen LogP contribution in [-0.4, -0.2) is 31.5 Å². The van der Waals surface area contributed by atoms with Crippen molar-refractivity contribution in [3.05, 3.63) is 57.5 Å². The van der Waals surface area contributed by atoms with Crippen LogP contribution in [0.15, 0.2) is 46.9 Å². The quantitative estimate of drug-likeness (QED) is 0.680. The van der Waals surface area contributed by atoms with Crippen molar-refractivity contribution in [3.63, 3.8) is 0 Å². The highest BCUT2D eigenvalue weighted by molar-refractivity contribution is 9.10. The topological polar surface area (TPSA) is 50.7 Å². The molecule has 2 unspecified atom stereocenters. The Morgan fingerprint density at radius 2 is 1.96 bits per heavy atom. The van der Waals surface area contributed by atoms with Gasteiger partial charge in [0.2, 0.25) is 0 Å². The van der Waals surface area contributed by atoms with Gasteiger partial charge in [-0.2, -0.15) is 0 Å². The number of hydrogen-bond acceptors (Lipinski definition) is 4. The molecule has 0 saturated heterocycles. The molecule has 2 N–H and O–H groups in total. The number of methoxy groups -OCH3 is 1. The van der Waals surface area contributed by atoms with Crippen LogP contribution in [0.3, 0.4) is 0 Å². The van der Waals surface area contributed by atoms with Crippen LogP contribution in [-0.2, 0) is 0 Å². The smallest absolute Gasteiger partial charge is 0.138 e. The molecule has 0 aliphatic carbocycles. The molecular formula is C18H21BrClNO3. The van der Waals surface area contributed by atoms with Gasteiger partial charge in [0.1, 0.15) is 24.2 Å². The fraction of sp³-hybridized carbons (Fsp3) is 0.333. The normalized spacial score (nSPS) is 13.4. The zero-order valence-corrected chi connectivity index (χ0v) is 16.0. The van der Waals surface area contributed by atoms with Gasteiger partial charge < -0.3 is 19.9 Å². The first-order chi connectivity index (χ1) is 11.5. The van der Waals surface area contributed by atoms with E-state index in [0.29, 0.717) is 17.3 Å². The van der Waals surface area contributed by atoms with Crippen molar-refractivity contribution in [3.8, 4) is 11.5 Å². The Balaban J connectivity index is 1.81. The molecule has 0 bridgehead atoms. The number of hydrogen-bond donors (Lipinski definition) is 2. The van der Waals surface area contributed by atoms with E-state index in [1.54, 1.807) is 19.2 Å². The van der Waals surface area contributed by atoms with Crippen molar-refractivity contribution in [2.75, 3.05) is 20.3 Å².